The van der Waals surface area contributed by atoms with Crippen molar-refractivity contribution in [2.24, 2.45) is 17.1 Å². The normalized spacial score (nSPS) is 28.6. The van der Waals surface area contributed by atoms with Gasteiger partial charge in [-0.25, -0.2) is 0 Å². The molecule has 4 N–H and O–H groups in total. The van der Waals surface area contributed by atoms with Crippen molar-refractivity contribution in [2.75, 3.05) is 19.6 Å². The van der Waals surface area contributed by atoms with E-state index in [2.05, 4.69) is 10.6 Å². The minimum Gasteiger partial charge on any atom is -0.352 e. The van der Waals surface area contributed by atoms with E-state index < -0.39 is 0 Å². The summed E-state index contributed by atoms with van der Waals surface area (Å²) in [4.78, 5) is 11.6. The van der Waals surface area contributed by atoms with Gasteiger partial charge in [-0.3, -0.25) is 4.79 Å². The van der Waals surface area contributed by atoms with Crippen molar-refractivity contribution < 1.29 is 4.79 Å². The van der Waals surface area contributed by atoms with Crippen LogP contribution in [0.2, 0.25) is 0 Å². The second-order valence-electron chi connectivity index (χ2n) is 4.37. The van der Waals surface area contributed by atoms with Crippen LogP contribution in [0.1, 0.15) is 13.3 Å². The van der Waals surface area contributed by atoms with E-state index in [1.54, 1.807) is 0 Å². The van der Waals surface area contributed by atoms with Crippen LogP contribution < -0.4 is 16.4 Å². The van der Waals surface area contributed by atoms with Gasteiger partial charge in [0.25, 0.3) is 0 Å². The third kappa shape index (κ3) is 1.87. The second kappa shape index (κ2) is 4.04. The summed E-state index contributed by atoms with van der Waals surface area (Å²) in [7, 11) is 0. The average Bonchev–Trinajstić information content (AvgIpc) is 2.77. The number of carbonyl (C=O) groups excluding carboxylic acids is 1. The van der Waals surface area contributed by atoms with Gasteiger partial charge in [0, 0.05) is 37.0 Å². The zero-order valence-corrected chi connectivity index (χ0v) is 9.19. The molecule has 0 aromatic carbocycles. The largest absolute Gasteiger partial charge is 0.352 e. The highest BCUT2D eigenvalue weighted by Crippen LogP contribution is 2.55. The molecule has 2 aliphatic rings. The summed E-state index contributed by atoms with van der Waals surface area (Å²) < 4.78 is 0. The molecule has 1 saturated carbocycles. The maximum atomic E-state index is 11.6. The third-order valence-electron chi connectivity index (χ3n) is 3.20. The van der Waals surface area contributed by atoms with Gasteiger partial charge in [-0.2, -0.15) is 0 Å². The molecule has 1 aliphatic carbocycles. The van der Waals surface area contributed by atoms with Crippen LogP contribution in [0.4, 0.5) is 0 Å². The summed E-state index contributed by atoms with van der Waals surface area (Å²) in [6.45, 7) is 4.49. The van der Waals surface area contributed by atoms with Crippen molar-refractivity contribution in [3.63, 3.8) is 0 Å². The molecule has 1 heterocycles. The van der Waals surface area contributed by atoms with Gasteiger partial charge in [0.2, 0.25) is 5.91 Å². The lowest BCUT2D eigenvalue weighted by Gasteiger charge is -2.28. The van der Waals surface area contributed by atoms with Gasteiger partial charge in [0.15, 0.2) is 0 Å². The molecule has 0 radical (unpaired) electrons. The first kappa shape index (κ1) is 11.8. The molecule has 4 nitrogen and oxygen atoms in total. The van der Waals surface area contributed by atoms with Gasteiger partial charge in [-0.15, -0.1) is 12.4 Å². The monoisotopic (exact) mass is 219 g/mol. The molecule has 1 aliphatic heterocycles. The number of nitrogens with one attached hydrogen (secondary N) is 2. The van der Waals surface area contributed by atoms with E-state index in [1.165, 1.54) is 0 Å². The number of amides is 1. The van der Waals surface area contributed by atoms with E-state index in [0.717, 1.165) is 19.5 Å². The topological polar surface area (TPSA) is 67.1 Å². The molecular weight excluding hydrogens is 202 g/mol. The van der Waals surface area contributed by atoms with Crippen molar-refractivity contribution in [3.05, 3.63) is 0 Å². The van der Waals surface area contributed by atoms with Crippen LogP contribution >= 0.6 is 12.4 Å². The summed E-state index contributed by atoms with van der Waals surface area (Å²) in [5.74, 6) is 0.446. The van der Waals surface area contributed by atoms with E-state index in [-0.39, 0.29) is 30.3 Å². The molecule has 5 heteroatoms. The Morgan fingerprint density at radius 1 is 1.71 bits per heavy atom. The molecule has 2 fully saturated rings. The first-order valence-corrected chi connectivity index (χ1v) is 4.89. The molecular formula is C9H18ClN3O. The van der Waals surface area contributed by atoms with Crippen molar-refractivity contribution >= 4 is 18.3 Å². The van der Waals surface area contributed by atoms with Gasteiger partial charge in [-0.1, -0.05) is 0 Å². The van der Waals surface area contributed by atoms with E-state index in [1.807, 2.05) is 6.92 Å². The zero-order chi connectivity index (χ0) is 9.47. The maximum absolute atomic E-state index is 11.6. The lowest BCUT2D eigenvalue weighted by atomic mass is 9.96. The zero-order valence-electron chi connectivity index (χ0n) is 8.38. The smallest absolute Gasteiger partial charge is 0.224 e. The fourth-order valence-electron chi connectivity index (χ4n) is 1.96. The van der Waals surface area contributed by atoms with Gasteiger partial charge in [0.05, 0.1) is 0 Å². The predicted molar refractivity (Wildman–Crippen MR) is 57.3 cm³/mol. The fraction of sp³-hybridized carbons (Fsp3) is 0.889. The van der Waals surface area contributed by atoms with Crippen LogP contribution in [0.15, 0.2) is 0 Å². The number of halogens is 1. The lowest BCUT2D eigenvalue weighted by molar-refractivity contribution is -0.124. The van der Waals surface area contributed by atoms with Crippen LogP contribution in [-0.2, 0) is 4.79 Å². The van der Waals surface area contributed by atoms with Crippen LogP contribution in [0.25, 0.3) is 0 Å². The quantitative estimate of drug-likeness (QED) is 0.599. The molecule has 1 unspecified atom stereocenters. The van der Waals surface area contributed by atoms with Crippen molar-refractivity contribution in [1.82, 2.24) is 10.6 Å². The fourth-order valence-corrected chi connectivity index (χ4v) is 1.96. The third-order valence-corrected chi connectivity index (χ3v) is 3.20. The van der Waals surface area contributed by atoms with Gasteiger partial charge < -0.3 is 16.4 Å². The molecule has 1 amide bonds. The SMILES string of the molecule is C[C@H](CN)NC(=O)C1CC12CNC2.Cl. The van der Waals surface area contributed by atoms with Crippen molar-refractivity contribution in [1.29, 1.82) is 0 Å². The van der Waals surface area contributed by atoms with Gasteiger partial charge >= 0.3 is 0 Å². The molecule has 0 aromatic rings. The standard InChI is InChI=1S/C9H17N3O.ClH/c1-6(3-10)12-8(13)7-2-9(7)4-11-5-9;/h6-7,11H,2-5,10H2,1H3,(H,12,13);1H/t6-,7?;/m1./s1. The Kier molecular flexibility index (Phi) is 3.40. The highest BCUT2D eigenvalue weighted by Gasteiger charge is 2.61. The molecule has 0 aromatic heterocycles. The predicted octanol–water partition coefficient (Wildman–Crippen LogP) is -0.519. The van der Waals surface area contributed by atoms with Gasteiger partial charge in [0.1, 0.15) is 0 Å². The first-order chi connectivity index (χ1) is 6.18. The van der Waals surface area contributed by atoms with Crippen LogP contribution in [0.3, 0.4) is 0 Å². The summed E-state index contributed by atoms with van der Waals surface area (Å²) in [5.41, 5.74) is 5.76. The number of carbonyl (C=O) groups is 1. The van der Waals surface area contributed by atoms with Crippen LogP contribution in [0.5, 0.6) is 0 Å². The summed E-state index contributed by atoms with van der Waals surface area (Å²) in [6, 6.07) is 0.109. The van der Waals surface area contributed by atoms with Gasteiger partial charge in [-0.05, 0) is 13.3 Å². The van der Waals surface area contributed by atoms with Crippen LogP contribution in [-0.4, -0.2) is 31.6 Å². The highest BCUT2D eigenvalue weighted by molar-refractivity contribution is 5.85. The number of nitrogens with two attached hydrogens (primary N) is 1. The number of rotatable bonds is 3. The minimum atomic E-state index is 0. The highest BCUT2D eigenvalue weighted by atomic mass is 35.5. The van der Waals surface area contributed by atoms with E-state index >= 15 is 0 Å². The Hall–Kier alpha value is -0.320. The van der Waals surface area contributed by atoms with E-state index in [0.29, 0.717) is 12.0 Å². The van der Waals surface area contributed by atoms with E-state index in [9.17, 15) is 4.79 Å². The Morgan fingerprint density at radius 2 is 2.36 bits per heavy atom. The first-order valence-electron chi connectivity index (χ1n) is 4.89. The van der Waals surface area contributed by atoms with Crippen molar-refractivity contribution in [2.45, 2.75) is 19.4 Å². The van der Waals surface area contributed by atoms with E-state index in [4.69, 9.17) is 5.73 Å². The molecule has 2 rings (SSSR count). The summed E-state index contributed by atoms with van der Waals surface area (Å²) in [6.07, 6.45) is 1.06. The Bertz CT molecular complexity index is 230. The molecule has 1 saturated heterocycles. The lowest BCUT2D eigenvalue weighted by Crippen LogP contribution is -2.48. The summed E-state index contributed by atoms with van der Waals surface area (Å²) in [5, 5.41) is 6.13. The maximum Gasteiger partial charge on any atom is 0.224 e. The molecule has 82 valence electrons. The average molecular weight is 220 g/mol. The molecule has 0 bridgehead atoms. The molecule has 2 atom stereocenters. The second-order valence-corrected chi connectivity index (χ2v) is 4.37. The molecule has 1 spiro atoms. The van der Waals surface area contributed by atoms with Crippen LogP contribution in [0, 0.1) is 11.3 Å². The Balaban J connectivity index is 0.000000980. The number of hydrogen-bond donors (Lipinski definition) is 3. The molecule has 14 heavy (non-hydrogen) atoms. The Labute approximate surface area is 90.4 Å². The van der Waals surface area contributed by atoms with Crippen molar-refractivity contribution in [3.8, 4) is 0 Å². The minimum absolute atomic E-state index is 0. The Morgan fingerprint density at radius 3 is 2.71 bits per heavy atom. The number of hydrogen-bond acceptors (Lipinski definition) is 3. The summed E-state index contributed by atoms with van der Waals surface area (Å²) >= 11 is 0.